The van der Waals surface area contributed by atoms with Crippen LogP contribution < -0.4 is 10.6 Å². The van der Waals surface area contributed by atoms with Crippen molar-refractivity contribution in [1.82, 2.24) is 25.4 Å². The van der Waals surface area contributed by atoms with Gasteiger partial charge in [-0.2, -0.15) is 0 Å². The van der Waals surface area contributed by atoms with E-state index in [1.165, 1.54) is 30.7 Å². The maximum Gasteiger partial charge on any atom is 0.191 e. The van der Waals surface area contributed by atoms with E-state index < -0.39 is 0 Å². The standard InChI is InChI=1S/C23H36N6/c1-4-24-22(26-18-23(2,3)19-12-7-5-8-13-19)25-16-11-15-21-28-27-20-14-9-6-10-17-29(20)21/h5,7-8,12-13H,4,6,9-11,14-18H2,1-3H3,(H2,24,25,26). The Labute approximate surface area is 175 Å². The Kier molecular flexibility index (Phi) is 7.67. The molecule has 0 amide bonds. The minimum Gasteiger partial charge on any atom is -0.357 e. The van der Waals surface area contributed by atoms with Gasteiger partial charge in [0.1, 0.15) is 11.6 Å². The molecule has 2 aromatic rings. The van der Waals surface area contributed by atoms with Crippen molar-refractivity contribution in [2.24, 2.45) is 4.99 Å². The van der Waals surface area contributed by atoms with Gasteiger partial charge in [-0.15, -0.1) is 10.2 Å². The second-order valence-corrected chi connectivity index (χ2v) is 8.47. The lowest BCUT2D eigenvalue weighted by Gasteiger charge is -2.24. The molecule has 0 spiro atoms. The zero-order chi connectivity index (χ0) is 20.5. The average molecular weight is 397 g/mol. The summed E-state index contributed by atoms with van der Waals surface area (Å²) in [7, 11) is 0. The summed E-state index contributed by atoms with van der Waals surface area (Å²) in [4.78, 5) is 4.84. The van der Waals surface area contributed by atoms with Gasteiger partial charge in [-0.05, 0) is 31.7 Å². The quantitative estimate of drug-likeness (QED) is 0.407. The number of nitrogens with one attached hydrogen (secondary N) is 2. The molecule has 29 heavy (non-hydrogen) atoms. The summed E-state index contributed by atoms with van der Waals surface area (Å²) in [5, 5.41) is 15.7. The van der Waals surface area contributed by atoms with Crippen LogP contribution in [0.1, 0.15) is 63.7 Å². The molecule has 0 radical (unpaired) electrons. The molecule has 0 bridgehead atoms. The van der Waals surface area contributed by atoms with E-state index in [4.69, 9.17) is 4.99 Å². The monoisotopic (exact) mass is 396 g/mol. The second kappa shape index (κ2) is 10.4. The molecule has 1 aromatic heterocycles. The van der Waals surface area contributed by atoms with Crippen LogP contribution in [-0.4, -0.2) is 40.4 Å². The van der Waals surface area contributed by atoms with E-state index in [9.17, 15) is 0 Å². The minimum atomic E-state index is 0.00268. The summed E-state index contributed by atoms with van der Waals surface area (Å²) in [6.45, 7) is 10.1. The predicted octanol–water partition coefficient (Wildman–Crippen LogP) is 3.47. The lowest BCUT2D eigenvalue weighted by Crippen LogP contribution is -2.39. The van der Waals surface area contributed by atoms with Gasteiger partial charge in [-0.1, -0.05) is 50.6 Å². The topological polar surface area (TPSA) is 67.1 Å². The SMILES string of the molecule is CCNC(=NCC(C)(C)c1ccccc1)NCCCc1nnc2n1CCCCC2. The fourth-order valence-corrected chi connectivity index (χ4v) is 3.78. The number of fused-ring (bicyclic) bond motifs is 1. The number of nitrogens with zero attached hydrogens (tertiary/aromatic N) is 4. The van der Waals surface area contributed by atoms with Gasteiger partial charge in [0.2, 0.25) is 0 Å². The summed E-state index contributed by atoms with van der Waals surface area (Å²) in [5.74, 6) is 3.19. The van der Waals surface area contributed by atoms with Gasteiger partial charge in [0.15, 0.2) is 5.96 Å². The van der Waals surface area contributed by atoms with Crippen LogP contribution in [0.15, 0.2) is 35.3 Å². The predicted molar refractivity (Wildman–Crippen MR) is 119 cm³/mol. The van der Waals surface area contributed by atoms with Gasteiger partial charge in [0.05, 0.1) is 6.54 Å². The Hall–Kier alpha value is -2.37. The van der Waals surface area contributed by atoms with E-state index in [-0.39, 0.29) is 5.41 Å². The molecule has 6 nitrogen and oxygen atoms in total. The number of aliphatic imine (C=N–C) groups is 1. The number of hydrogen-bond donors (Lipinski definition) is 2. The molecule has 2 N–H and O–H groups in total. The van der Waals surface area contributed by atoms with Crippen LogP contribution >= 0.6 is 0 Å². The summed E-state index contributed by atoms with van der Waals surface area (Å²) >= 11 is 0. The lowest BCUT2D eigenvalue weighted by atomic mass is 9.85. The molecule has 1 aliphatic heterocycles. The molecular weight excluding hydrogens is 360 g/mol. The molecule has 1 aliphatic rings. The van der Waals surface area contributed by atoms with Crippen LogP contribution in [0.4, 0.5) is 0 Å². The van der Waals surface area contributed by atoms with Crippen LogP contribution in [0.5, 0.6) is 0 Å². The Morgan fingerprint density at radius 3 is 2.72 bits per heavy atom. The van der Waals surface area contributed by atoms with E-state index in [1.807, 2.05) is 0 Å². The molecule has 0 atom stereocenters. The fraction of sp³-hybridized carbons (Fsp3) is 0.609. The van der Waals surface area contributed by atoms with E-state index in [0.717, 1.165) is 57.2 Å². The smallest absolute Gasteiger partial charge is 0.191 e. The number of aromatic nitrogens is 3. The molecule has 0 saturated carbocycles. The zero-order valence-corrected chi connectivity index (χ0v) is 18.2. The Morgan fingerprint density at radius 2 is 1.93 bits per heavy atom. The summed E-state index contributed by atoms with van der Waals surface area (Å²) < 4.78 is 2.34. The highest BCUT2D eigenvalue weighted by Gasteiger charge is 2.20. The normalized spacial score (nSPS) is 14.9. The van der Waals surface area contributed by atoms with Crippen LogP contribution in [0.2, 0.25) is 0 Å². The number of hydrogen-bond acceptors (Lipinski definition) is 3. The number of benzene rings is 1. The highest BCUT2D eigenvalue weighted by atomic mass is 15.3. The molecule has 0 aliphatic carbocycles. The number of rotatable bonds is 8. The highest BCUT2D eigenvalue weighted by molar-refractivity contribution is 5.79. The van der Waals surface area contributed by atoms with Crippen molar-refractivity contribution in [2.45, 2.75) is 71.3 Å². The molecular formula is C23H36N6. The summed E-state index contributed by atoms with van der Waals surface area (Å²) in [5.41, 5.74) is 1.31. The van der Waals surface area contributed by atoms with Crippen molar-refractivity contribution < 1.29 is 0 Å². The third-order valence-corrected chi connectivity index (χ3v) is 5.59. The second-order valence-electron chi connectivity index (χ2n) is 8.47. The fourth-order valence-electron chi connectivity index (χ4n) is 3.78. The minimum absolute atomic E-state index is 0.00268. The summed E-state index contributed by atoms with van der Waals surface area (Å²) in [6.07, 6.45) is 6.82. The molecule has 3 rings (SSSR count). The van der Waals surface area contributed by atoms with Gasteiger partial charge in [-0.3, -0.25) is 4.99 Å². The van der Waals surface area contributed by atoms with E-state index in [1.54, 1.807) is 0 Å². The highest BCUT2D eigenvalue weighted by Crippen LogP contribution is 2.23. The summed E-state index contributed by atoms with van der Waals surface area (Å²) in [6, 6.07) is 10.6. The third-order valence-electron chi connectivity index (χ3n) is 5.59. The molecule has 0 fully saturated rings. The molecule has 0 unspecified atom stereocenters. The van der Waals surface area contributed by atoms with Crippen molar-refractivity contribution in [1.29, 1.82) is 0 Å². The van der Waals surface area contributed by atoms with Crippen molar-refractivity contribution in [3.63, 3.8) is 0 Å². The maximum atomic E-state index is 4.84. The number of aryl methyl sites for hydroxylation is 2. The number of guanidine groups is 1. The van der Waals surface area contributed by atoms with Crippen LogP contribution in [0.25, 0.3) is 0 Å². The van der Waals surface area contributed by atoms with Gasteiger partial charge < -0.3 is 15.2 Å². The van der Waals surface area contributed by atoms with Crippen molar-refractivity contribution in [3.8, 4) is 0 Å². The van der Waals surface area contributed by atoms with Gasteiger partial charge in [0, 0.05) is 37.9 Å². The largest absolute Gasteiger partial charge is 0.357 e. The van der Waals surface area contributed by atoms with E-state index >= 15 is 0 Å². The van der Waals surface area contributed by atoms with Gasteiger partial charge >= 0.3 is 0 Å². The van der Waals surface area contributed by atoms with Gasteiger partial charge in [-0.25, -0.2) is 0 Å². The van der Waals surface area contributed by atoms with Crippen LogP contribution in [-0.2, 0) is 24.8 Å². The lowest BCUT2D eigenvalue weighted by molar-refractivity contribution is 0.537. The van der Waals surface area contributed by atoms with E-state index in [2.05, 4.69) is 76.5 Å². The van der Waals surface area contributed by atoms with Crippen molar-refractivity contribution >= 4 is 5.96 Å². The Bertz CT molecular complexity index is 778. The molecule has 1 aromatic carbocycles. The van der Waals surface area contributed by atoms with Crippen LogP contribution in [0.3, 0.4) is 0 Å². The Morgan fingerprint density at radius 1 is 1.10 bits per heavy atom. The molecule has 0 saturated heterocycles. The first kappa shape index (κ1) is 21.3. The first-order chi connectivity index (χ1) is 14.1. The first-order valence-corrected chi connectivity index (χ1v) is 11.1. The maximum absolute atomic E-state index is 4.84. The van der Waals surface area contributed by atoms with Gasteiger partial charge in [0.25, 0.3) is 0 Å². The van der Waals surface area contributed by atoms with Crippen molar-refractivity contribution in [2.75, 3.05) is 19.6 Å². The zero-order valence-electron chi connectivity index (χ0n) is 18.2. The molecule has 6 heteroatoms. The first-order valence-electron chi connectivity index (χ1n) is 11.1. The average Bonchev–Trinajstić information content (AvgIpc) is 2.95. The van der Waals surface area contributed by atoms with Crippen molar-refractivity contribution in [3.05, 3.63) is 47.5 Å². The van der Waals surface area contributed by atoms with E-state index in [0.29, 0.717) is 0 Å². The van der Waals surface area contributed by atoms with Crippen LogP contribution in [0, 0.1) is 0 Å². The molecule has 2 heterocycles. The molecule has 158 valence electrons. The Balaban J connectivity index is 1.51. The third kappa shape index (κ3) is 6.05.